The summed E-state index contributed by atoms with van der Waals surface area (Å²) >= 11 is 3.29. The Morgan fingerprint density at radius 2 is 1.78 bits per heavy atom. The number of ketones is 1. The first-order valence-electron chi connectivity index (χ1n) is 6.54. The van der Waals surface area contributed by atoms with E-state index in [1.807, 2.05) is 0 Å². The van der Waals surface area contributed by atoms with Gasteiger partial charge in [-0.05, 0) is 57.9 Å². The fourth-order valence-corrected chi connectivity index (χ4v) is 2.41. The van der Waals surface area contributed by atoms with Crippen LogP contribution in [0.25, 0.3) is 6.08 Å². The average Bonchev–Trinajstić information content (AvgIpc) is 2.52. The summed E-state index contributed by atoms with van der Waals surface area (Å²) < 4.78 is 43.1. The van der Waals surface area contributed by atoms with Crippen LogP contribution >= 0.6 is 15.9 Å². The van der Waals surface area contributed by atoms with Crippen molar-refractivity contribution >= 4 is 27.8 Å². The molecule has 0 saturated heterocycles. The first-order chi connectivity index (χ1) is 10.8. The van der Waals surface area contributed by atoms with Crippen molar-refractivity contribution in [1.29, 1.82) is 0 Å². The molecule has 0 unspecified atom stereocenters. The third-order valence-corrected chi connectivity index (χ3v) is 3.72. The molecule has 6 heteroatoms. The summed E-state index contributed by atoms with van der Waals surface area (Å²) in [5.74, 6) is 0.349. The van der Waals surface area contributed by atoms with Crippen LogP contribution < -0.4 is 4.74 Å². The normalized spacial score (nSPS) is 11.7. The SMILES string of the molecule is COc1ccc(C(=O)/C=C/c2ccc(C(F)(F)F)cc2)cc1Br. The van der Waals surface area contributed by atoms with Crippen LogP contribution in [-0.4, -0.2) is 12.9 Å². The van der Waals surface area contributed by atoms with Gasteiger partial charge in [-0.2, -0.15) is 13.2 Å². The Morgan fingerprint density at radius 1 is 1.13 bits per heavy atom. The molecule has 2 nitrogen and oxygen atoms in total. The Labute approximate surface area is 139 Å². The largest absolute Gasteiger partial charge is 0.496 e. The van der Waals surface area contributed by atoms with Crippen LogP contribution in [-0.2, 0) is 6.18 Å². The van der Waals surface area contributed by atoms with Gasteiger partial charge >= 0.3 is 6.18 Å². The first-order valence-corrected chi connectivity index (χ1v) is 7.34. The summed E-state index contributed by atoms with van der Waals surface area (Å²) in [6, 6.07) is 9.49. The number of benzene rings is 2. The van der Waals surface area contributed by atoms with Crippen molar-refractivity contribution in [3.63, 3.8) is 0 Å². The average molecular weight is 385 g/mol. The Kier molecular flexibility index (Phi) is 5.26. The molecule has 0 heterocycles. The second-order valence-corrected chi connectivity index (χ2v) is 5.52. The summed E-state index contributed by atoms with van der Waals surface area (Å²) in [5, 5.41) is 0. The number of carbonyl (C=O) groups excluding carboxylic acids is 1. The second-order valence-electron chi connectivity index (χ2n) is 4.67. The van der Waals surface area contributed by atoms with Crippen molar-refractivity contribution < 1.29 is 22.7 Å². The number of methoxy groups -OCH3 is 1. The third-order valence-electron chi connectivity index (χ3n) is 3.10. The molecule has 0 aromatic heterocycles. The molecule has 23 heavy (non-hydrogen) atoms. The van der Waals surface area contributed by atoms with E-state index in [1.54, 1.807) is 18.2 Å². The Morgan fingerprint density at radius 3 is 2.30 bits per heavy atom. The number of allylic oxidation sites excluding steroid dienone is 1. The van der Waals surface area contributed by atoms with Gasteiger partial charge in [-0.3, -0.25) is 4.79 Å². The van der Waals surface area contributed by atoms with E-state index in [4.69, 9.17) is 4.74 Å². The predicted molar refractivity (Wildman–Crippen MR) is 85.5 cm³/mol. The zero-order valence-electron chi connectivity index (χ0n) is 12.0. The Hall–Kier alpha value is -2.08. The Bertz CT molecular complexity index is 734. The lowest BCUT2D eigenvalue weighted by atomic mass is 10.1. The van der Waals surface area contributed by atoms with Crippen molar-refractivity contribution in [2.45, 2.75) is 6.18 Å². The van der Waals surface area contributed by atoms with Gasteiger partial charge in [-0.1, -0.05) is 18.2 Å². The van der Waals surface area contributed by atoms with Gasteiger partial charge in [-0.15, -0.1) is 0 Å². The van der Waals surface area contributed by atoms with Crippen LogP contribution in [0.2, 0.25) is 0 Å². The van der Waals surface area contributed by atoms with Crippen LogP contribution in [0.4, 0.5) is 13.2 Å². The molecule has 2 aromatic carbocycles. The maximum absolute atomic E-state index is 12.5. The zero-order chi connectivity index (χ0) is 17.0. The molecule has 2 aromatic rings. The molecule has 0 aliphatic heterocycles. The van der Waals surface area contributed by atoms with Crippen LogP contribution in [0.3, 0.4) is 0 Å². The highest BCUT2D eigenvalue weighted by molar-refractivity contribution is 9.10. The van der Waals surface area contributed by atoms with Gasteiger partial charge in [0.05, 0.1) is 17.1 Å². The molecule has 0 saturated carbocycles. The number of hydrogen-bond donors (Lipinski definition) is 0. The molecular formula is C17H12BrF3O2. The van der Waals surface area contributed by atoms with Crippen molar-refractivity contribution in [3.05, 3.63) is 69.7 Å². The summed E-state index contributed by atoms with van der Waals surface area (Å²) in [6.45, 7) is 0. The molecule has 2 rings (SSSR count). The van der Waals surface area contributed by atoms with Gasteiger partial charge in [-0.25, -0.2) is 0 Å². The maximum atomic E-state index is 12.5. The van der Waals surface area contributed by atoms with Crippen LogP contribution in [0.15, 0.2) is 53.0 Å². The molecule has 0 aliphatic rings. The summed E-state index contributed by atoms with van der Waals surface area (Å²) in [6.07, 6.45) is -1.58. The van der Waals surface area contributed by atoms with Gasteiger partial charge in [0.1, 0.15) is 5.75 Å². The van der Waals surface area contributed by atoms with E-state index in [0.29, 0.717) is 21.3 Å². The second kappa shape index (κ2) is 7.00. The minimum atomic E-state index is -4.37. The molecular weight excluding hydrogens is 373 g/mol. The van der Waals surface area contributed by atoms with E-state index in [0.717, 1.165) is 12.1 Å². The van der Waals surface area contributed by atoms with Crippen LogP contribution in [0.5, 0.6) is 5.75 Å². The monoisotopic (exact) mass is 384 g/mol. The van der Waals surface area contributed by atoms with E-state index in [2.05, 4.69) is 15.9 Å². The smallest absolute Gasteiger partial charge is 0.416 e. The minimum absolute atomic E-state index is 0.256. The van der Waals surface area contributed by atoms with E-state index >= 15 is 0 Å². The molecule has 0 fully saturated rings. The number of hydrogen-bond acceptors (Lipinski definition) is 2. The molecule has 0 amide bonds. The molecule has 0 radical (unpaired) electrons. The van der Waals surface area contributed by atoms with Crippen molar-refractivity contribution in [1.82, 2.24) is 0 Å². The summed E-state index contributed by atoms with van der Waals surface area (Å²) in [7, 11) is 1.52. The topological polar surface area (TPSA) is 26.3 Å². The van der Waals surface area contributed by atoms with Gasteiger partial charge < -0.3 is 4.74 Å². The molecule has 0 atom stereocenters. The van der Waals surface area contributed by atoms with Crippen LogP contribution in [0, 0.1) is 0 Å². The summed E-state index contributed by atoms with van der Waals surface area (Å²) in [5.41, 5.74) is 0.236. The summed E-state index contributed by atoms with van der Waals surface area (Å²) in [4.78, 5) is 12.1. The zero-order valence-corrected chi connectivity index (χ0v) is 13.6. The first kappa shape index (κ1) is 17.3. The molecule has 0 bridgehead atoms. The van der Waals surface area contributed by atoms with Crippen LogP contribution in [0.1, 0.15) is 21.5 Å². The predicted octanol–water partition coefficient (Wildman–Crippen LogP) is 5.37. The number of carbonyl (C=O) groups is 1. The lowest BCUT2D eigenvalue weighted by molar-refractivity contribution is -0.137. The van der Waals surface area contributed by atoms with E-state index in [9.17, 15) is 18.0 Å². The van der Waals surface area contributed by atoms with E-state index < -0.39 is 11.7 Å². The number of alkyl halides is 3. The fourth-order valence-electron chi connectivity index (χ4n) is 1.87. The number of ether oxygens (including phenoxy) is 1. The number of halogens is 4. The third kappa shape index (κ3) is 4.45. The Balaban J connectivity index is 2.13. The highest BCUT2D eigenvalue weighted by Crippen LogP contribution is 2.29. The lowest BCUT2D eigenvalue weighted by Crippen LogP contribution is -2.04. The highest BCUT2D eigenvalue weighted by atomic mass is 79.9. The lowest BCUT2D eigenvalue weighted by Gasteiger charge is -2.06. The standard InChI is InChI=1S/C17H12BrF3O2/c1-23-16-9-5-12(10-14(16)18)15(22)8-4-11-2-6-13(7-3-11)17(19,20)21/h2-10H,1H3/b8-4+. The van der Waals surface area contributed by atoms with Crippen molar-refractivity contribution in [2.24, 2.45) is 0 Å². The highest BCUT2D eigenvalue weighted by Gasteiger charge is 2.29. The van der Waals surface area contributed by atoms with Crippen molar-refractivity contribution in [2.75, 3.05) is 7.11 Å². The van der Waals surface area contributed by atoms with Crippen molar-refractivity contribution in [3.8, 4) is 5.75 Å². The van der Waals surface area contributed by atoms with Gasteiger partial charge in [0, 0.05) is 5.56 Å². The van der Waals surface area contributed by atoms with Gasteiger partial charge in [0.25, 0.3) is 0 Å². The quantitative estimate of drug-likeness (QED) is 0.522. The van der Waals surface area contributed by atoms with E-state index in [1.165, 1.54) is 31.4 Å². The van der Waals surface area contributed by atoms with Gasteiger partial charge in [0.15, 0.2) is 5.78 Å². The minimum Gasteiger partial charge on any atom is -0.496 e. The fraction of sp³-hybridized carbons (Fsp3) is 0.118. The number of rotatable bonds is 4. The molecule has 0 aliphatic carbocycles. The van der Waals surface area contributed by atoms with Gasteiger partial charge in [0.2, 0.25) is 0 Å². The van der Waals surface area contributed by atoms with E-state index in [-0.39, 0.29) is 5.78 Å². The maximum Gasteiger partial charge on any atom is 0.416 e. The molecule has 120 valence electrons. The molecule has 0 N–H and O–H groups in total. The molecule has 0 spiro atoms.